The van der Waals surface area contributed by atoms with Crippen LogP contribution in [-0.2, 0) is 5.41 Å². The van der Waals surface area contributed by atoms with Gasteiger partial charge in [0.25, 0.3) is 5.89 Å². The van der Waals surface area contributed by atoms with E-state index in [1.165, 1.54) is 0 Å². The van der Waals surface area contributed by atoms with E-state index >= 15 is 0 Å². The molecule has 1 aromatic heterocycles. The summed E-state index contributed by atoms with van der Waals surface area (Å²) in [4.78, 5) is 4.50. The highest BCUT2D eigenvalue weighted by Crippen LogP contribution is 2.46. The number of benzene rings is 1. The number of aryl methyl sites for hydroxylation is 2. The monoisotopic (exact) mass is 243 g/mol. The highest BCUT2D eigenvalue weighted by molar-refractivity contribution is 5.74. The first-order valence-electron chi connectivity index (χ1n) is 6.21. The first kappa shape index (κ1) is 11.3. The molecule has 0 saturated heterocycles. The molecule has 1 saturated carbocycles. The van der Waals surface area contributed by atoms with Crippen molar-refractivity contribution in [2.75, 3.05) is 5.73 Å². The number of nitrogens with zero attached hydrogens (tertiary/aromatic N) is 2. The van der Waals surface area contributed by atoms with Crippen LogP contribution in [0.25, 0.3) is 11.5 Å². The molecule has 0 radical (unpaired) electrons. The minimum absolute atomic E-state index is 0.120. The van der Waals surface area contributed by atoms with Crippen LogP contribution in [0.1, 0.15) is 36.7 Å². The second kappa shape index (κ2) is 3.57. The normalized spacial score (nSPS) is 16.8. The third kappa shape index (κ3) is 1.68. The molecule has 3 rings (SSSR count). The minimum Gasteiger partial charge on any atom is -0.398 e. The van der Waals surface area contributed by atoms with Gasteiger partial charge in [0.15, 0.2) is 5.82 Å². The maximum atomic E-state index is 6.09. The van der Waals surface area contributed by atoms with Gasteiger partial charge in [-0.2, -0.15) is 4.98 Å². The number of hydrogen-bond acceptors (Lipinski definition) is 4. The van der Waals surface area contributed by atoms with E-state index < -0.39 is 0 Å². The second-order valence-corrected chi connectivity index (χ2v) is 5.53. The van der Waals surface area contributed by atoms with Crippen LogP contribution in [0.4, 0.5) is 5.69 Å². The lowest BCUT2D eigenvalue weighted by molar-refractivity contribution is 0.416. The van der Waals surface area contributed by atoms with E-state index in [1.807, 2.05) is 19.9 Å². The first-order chi connectivity index (χ1) is 8.49. The number of anilines is 1. The molecule has 0 unspecified atom stereocenters. The third-order valence-electron chi connectivity index (χ3n) is 3.73. The van der Waals surface area contributed by atoms with Crippen molar-refractivity contribution in [1.82, 2.24) is 10.1 Å². The Hall–Kier alpha value is -1.84. The molecule has 0 atom stereocenters. The Morgan fingerprint density at radius 2 is 2.00 bits per heavy atom. The summed E-state index contributed by atoms with van der Waals surface area (Å²) >= 11 is 0. The quantitative estimate of drug-likeness (QED) is 0.823. The molecule has 0 bridgehead atoms. The Labute approximate surface area is 106 Å². The molecule has 2 aromatic rings. The molecule has 1 aliphatic carbocycles. The molecule has 4 heteroatoms. The van der Waals surface area contributed by atoms with Crippen LogP contribution in [0, 0.1) is 13.8 Å². The number of nitrogen functional groups attached to an aromatic ring is 1. The predicted octanol–water partition coefficient (Wildman–Crippen LogP) is 2.99. The lowest BCUT2D eigenvalue weighted by Crippen LogP contribution is -2.02. The summed E-state index contributed by atoms with van der Waals surface area (Å²) in [6.07, 6.45) is 2.27. The summed E-state index contributed by atoms with van der Waals surface area (Å²) in [5, 5.41) is 4.09. The molecule has 18 heavy (non-hydrogen) atoms. The van der Waals surface area contributed by atoms with Gasteiger partial charge >= 0.3 is 0 Å². The largest absolute Gasteiger partial charge is 0.398 e. The van der Waals surface area contributed by atoms with Gasteiger partial charge in [-0.3, -0.25) is 0 Å². The fraction of sp³-hybridized carbons (Fsp3) is 0.429. The summed E-state index contributed by atoms with van der Waals surface area (Å²) in [7, 11) is 0. The summed E-state index contributed by atoms with van der Waals surface area (Å²) in [6.45, 7) is 6.19. The molecular formula is C14H17N3O. The van der Waals surface area contributed by atoms with Crippen molar-refractivity contribution in [2.45, 2.75) is 39.0 Å². The number of aromatic nitrogens is 2. The average molecular weight is 243 g/mol. The van der Waals surface area contributed by atoms with Crippen molar-refractivity contribution in [2.24, 2.45) is 0 Å². The SMILES string of the molecule is Cc1cc(C)c(N)c(-c2nc(C3(C)CC3)no2)c1. The Kier molecular flexibility index (Phi) is 2.24. The van der Waals surface area contributed by atoms with Crippen LogP contribution >= 0.6 is 0 Å². The summed E-state index contributed by atoms with van der Waals surface area (Å²) in [5.41, 5.74) is 9.96. The second-order valence-electron chi connectivity index (χ2n) is 5.53. The van der Waals surface area contributed by atoms with Gasteiger partial charge in [0, 0.05) is 11.1 Å². The average Bonchev–Trinajstić information content (AvgIpc) is 2.90. The zero-order valence-electron chi connectivity index (χ0n) is 10.9. The highest BCUT2D eigenvalue weighted by atomic mass is 16.5. The maximum absolute atomic E-state index is 6.09. The number of hydrogen-bond donors (Lipinski definition) is 1. The first-order valence-corrected chi connectivity index (χ1v) is 6.21. The van der Waals surface area contributed by atoms with Crippen molar-refractivity contribution in [3.63, 3.8) is 0 Å². The third-order valence-corrected chi connectivity index (χ3v) is 3.73. The van der Waals surface area contributed by atoms with Gasteiger partial charge in [-0.15, -0.1) is 0 Å². The molecule has 94 valence electrons. The topological polar surface area (TPSA) is 64.9 Å². The van der Waals surface area contributed by atoms with Gasteiger partial charge in [-0.05, 0) is 43.9 Å². The van der Waals surface area contributed by atoms with Crippen LogP contribution in [0.3, 0.4) is 0 Å². The highest BCUT2D eigenvalue weighted by Gasteiger charge is 2.43. The number of nitrogens with two attached hydrogens (primary N) is 1. The lowest BCUT2D eigenvalue weighted by Gasteiger charge is -2.06. The molecular weight excluding hydrogens is 226 g/mol. The van der Waals surface area contributed by atoms with E-state index in [9.17, 15) is 0 Å². The molecule has 1 heterocycles. The van der Waals surface area contributed by atoms with E-state index in [4.69, 9.17) is 10.3 Å². The van der Waals surface area contributed by atoms with Crippen molar-refractivity contribution in [3.05, 3.63) is 29.1 Å². The predicted molar refractivity (Wildman–Crippen MR) is 70.2 cm³/mol. The maximum Gasteiger partial charge on any atom is 0.260 e. The van der Waals surface area contributed by atoms with E-state index in [2.05, 4.69) is 23.1 Å². The molecule has 0 amide bonds. The van der Waals surface area contributed by atoms with Gasteiger partial charge in [0.05, 0.1) is 5.56 Å². The van der Waals surface area contributed by atoms with Crippen molar-refractivity contribution in [1.29, 1.82) is 0 Å². The standard InChI is InChI=1S/C14H17N3O/c1-8-6-9(2)11(15)10(7-8)12-16-13(17-18-12)14(3)4-5-14/h6-7H,4-5,15H2,1-3H3. The van der Waals surface area contributed by atoms with E-state index in [1.54, 1.807) is 0 Å². The zero-order chi connectivity index (χ0) is 12.9. The molecule has 1 fully saturated rings. The van der Waals surface area contributed by atoms with Gasteiger partial charge in [-0.1, -0.05) is 18.1 Å². The van der Waals surface area contributed by atoms with E-state index in [-0.39, 0.29) is 5.41 Å². The van der Waals surface area contributed by atoms with Crippen molar-refractivity contribution in [3.8, 4) is 11.5 Å². The van der Waals surface area contributed by atoms with E-state index in [0.717, 1.165) is 41.0 Å². The van der Waals surface area contributed by atoms with Crippen LogP contribution in [0.2, 0.25) is 0 Å². The van der Waals surface area contributed by atoms with Crippen molar-refractivity contribution < 1.29 is 4.52 Å². The van der Waals surface area contributed by atoms with Gasteiger partial charge in [0.2, 0.25) is 0 Å². The Morgan fingerprint density at radius 1 is 1.28 bits per heavy atom. The number of rotatable bonds is 2. The Balaban J connectivity index is 2.07. The summed E-state index contributed by atoms with van der Waals surface area (Å²) in [5.74, 6) is 1.33. The smallest absolute Gasteiger partial charge is 0.260 e. The molecule has 1 aromatic carbocycles. The Morgan fingerprint density at radius 3 is 2.67 bits per heavy atom. The van der Waals surface area contributed by atoms with Crippen LogP contribution in [0.5, 0.6) is 0 Å². The molecule has 4 nitrogen and oxygen atoms in total. The van der Waals surface area contributed by atoms with Crippen LogP contribution in [0.15, 0.2) is 16.7 Å². The fourth-order valence-electron chi connectivity index (χ4n) is 2.14. The molecule has 0 aliphatic heterocycles. The van der Waals surface area contributed by atoms with E-state index in [0.29, 0.717) is 5.89 Å². The molecule has 2 N–H and O–H groups in total. The van der Waals surface area contributed by atoms with Crippen LogP contribution in [-0.4, -0.2) is 10.1 Å². The summed E-state index contributed by atoms with van der Waals surface area (Å²) in [6, 6.07) is 4.05. The minimum atomic E-state index is 0.120. The van der Waals surface area contributed by atoms with Gasteiger partial charge < -0.3 is 10.3 Å². The molecule has 1 aliphatic rings. The zero-order valence-corrected chi connectivity index (χ0v) is 10.9. The molecule has 0 spiro atoms. The Bertz CT molecular complexity index is 611. The fourth-order valence-corrected chi connectivity index (χ4v) is 2.14. The summed E-state index contributed by atoms with van der Waals surface area (Å²) < 4.78 is 5.37. The van der Waals surface area contributed by atoms with Gasteiger partial charge in [0.1, 0.15) is 0 Å². The van der Waals surface area contributed by atoms with Crippen LogP contribution < -0.4 is 5.73 Å². The van der Waals surface area contributed by atoms with Crippen molar-refractivity contribution >= 4 is 5.69 Å². The van der Waals surface area contributed by atoms with Gasteiger partial charge in [-0.25, -0.2) is 0 Å². The lowest BCUT2D eigenvalue weighted by atomic mass is 10.0.